The molecule has 6 heteroatoms. The van der Waals surface area contributed by atoms with E-state index >= 15 is 0 Å². The van der Waals surface area contributed by atoms with Gasteiger partial charge in [0.2, 0.25) is 11.8 Å². The second-order valence-corrected chi connectivity index (χ2v) is 8.04. The number of amides is 3. The first kappa shape index (κ1) is 21.4. The number of hydrogen-bond acceptors (Lipinski definition) is 4. The molecule has 2 aromatic carbocycles. The van der Waals surface area contributed by atoms with Crippen LogP contribution >= 0.6 is 0 Å². The summed E-state index contributed by atoms with van der Waals surface area (Å²) in [7, 11) is 0. The highest BCUT2D eigenvalue weighted by Gasteiger charge is 2.42. The van der Waals surface area contributed by atoms with Crippen LogP contribution in [0.25, 0.3) is 11.3 Å². The van der Waals surface area contributed by atoms with E-state index in [9.17, 15) is 14.4 Å². The molecule has 0 saturated carbocycles. The normalized spacial score (nSPS) is 18.2. The first-order chi connectivity index (χ1) is 15.4. The summed E-state index contributed by atoms with van der Waals surface area (Å²) in [6.07, 6.45) is 1.40. The van der Waals surface area contributed by atoms with Crippen molar-refractivity contribution >= 4 is 23.4 Å². The zero-order chi connectivity index (χ0) is 22.7. The Morgan fingerprint density at radius 1 is 1.03 bits per heavy atom. The third kappa shape index (κ3) is 4.04. The van der Waals surface area contributed by atoms with Gasteiger partial charge in [0.1, 0.15) is 0 Å². The van der Waals surface area contributed by atoms with E-state index in [2.05, 4.69) is 15.6 Å². The van der Waals surface area contributed by atoms with Crippen molar-refractivity contribution in [2.24, 2.45) is 0 Å². The van der Waals surface area contributed by atoms with Crippen LogP contribution in [0, 0.1) is 6.92 Å². The number of carbonyl (C=O) groups is 3. The quantitative estimate of drug-likeness (QED) is 0.591. The highest BCUT2D eigenvalue weighted by Crippen LogP contribution is 2.36. The first-order valence-electron chi connectivity index (χ1n) is 10.7. The fourth-order valence-corrected chi connectivity index (χ4v) is 4.21. The summed E-state index contributed by atoms with van der Waals surface area (Å²) < 4.78 is 0. The Bertz CT molecular complexity index is 1170. The predicted molar refractivity (Wildman–Crippen MR) is 123 cm³/mol. The van der Waals surface area contributed by atoms with Gasteiger partial charge in [0.25, 0.3) is 5.91 Å². The number of benzene rings is 2. The van der Waals surface area contributed by atoms with Crippen molar-refractivity contribution in [3.63, 3.8) is 0 Å². The van der Waals surface area contributed by atoms with E-state index in [1.807, 2.05) is 62.4 Å². The van der Waals surface area contributed by atoms with Crippen LogP contribution in [0.3, 0.4) is 0 Å². The molecule has 6 nitrogen and oxygen atoms in total. The summed E-state index contributed by atoms with van der Waals surface area (Å²) in [4.78, 5) is 41.5. The number of carbonyl (C=O) groups excluding carboxylic acids is 3. The molecule has 1 aliphatic heterocycles. The maximum absolute atomic E-state index is 12.8. The fourth-order valence-electron chi connectivity index (χ4n) is 4.21. The average molecular weight is 428 g/mol. The minimum atomic E-state index is -0.718. The lowest BCUT2D eigenvalue weighted by Gasteiger charge is -2.35. The van der Waals surface area contributed by atoms with Gasteiger partial charge in [-0.1, -0.05) is 49.4 Å². The van der Waals surface area contributed by atoms with Crippen molar-refractivity contribution < 1.29 is 14.4 Å². The van der Waals surface area contributed by atoms with Crippen molar-refractivity contribution in [1.29, 1.82) is 0 Å². The number of hydrogen-bond donors (Lipinski definition) is 2. The Kier molecular flexibility index (Phi) is 5.86. The van der Waals surface area contributed by atoms with Crippen molar-refractivity contribution in [2.75, 3.05) is 5.32 Å². The van der Waals surface area contributed by atoms with Gasteiger partial charge in [-0.15, -0.1) is 0 Å². The van der Waals surface area contributed by atoms with Crippen molar-refractivity contribution in [1.82, 2.24) is 10.3 Å². The molecule has 1 aromatic heterocycles. The van der Waals surface area contributed by atoms with Gasteiger partial charge in [-0.2, -0.15) is 0 Å². The number of rotatable bonds is 5. The number of nitrogens with zero attached hydrogens (tertiary/aromatic N) is 1. The summed E-state index contributed by atoms with van der Waals surface area (Å²) in [6, 6.07) is 20.7. The topological polar surface area (TPSA) is 88.2 Å². The molecular formula is C26H25N3O3. The molecule has 1 unspecified atom stereocenters. The predicted octanol–water partition coefficient (Wildman–Crippen LogP) is 4.39. The van der Waals surface area contributed by atoms with Crippen molar-refractivity contribution in [3.8, 4) is 11.3 Å². The van der Waals surface area contributed by atoms with Crippen LogP contribution in [0.1, 0.15) is 47.8 Å². The zero-order valence-corrected chi connectivity index (χ0v) is 18.1. The van der Waals surface area contributed by atoms with Crippen LogP contribution in [-0.2, 0) is 15.0 Å². The van der Waals surface area contributed by atoms with Crippen LogP contribution < -0.4 is 10.6 Å². The molecule has 1 fully saturated rings. The summed E-state index contributed by atoms with van der Waals surface area (Å²) in [6.45, 7) is 3.76. The standard InChI is InChI=1S/C26H25N3O3/c1-3-26(16-15-23(30)29-25(26)32)19-9-11-20(12-10-19)28-24(31)21-13-14-22(27-17(21)2)18-7-5-4-6-8-18/h4-14H,3,15-16H2,1-2H3,(H,28,31)(H,29,30,32). The van der Waals surface area contributed by atoms with Crippen LogP contribution in [0.2, 0.25) is 0 Å². The number of anilines is 1. The van der Waals surface area contributed by atoms with E-state index in [-0.39, 0.29) is 17.7 Å². The minimum Gasteiger partial charge on any atom is -0.322 e. The monoisotopic (exact) mass is 427 g/mol. The molecule has 3 amide bonds. The molecule has 0 radical (unpaired) electrons. The molecule has 1 saturated heterocycles. The highest BCUT2D eigenvalue weighted by atomic mass is 16.2. The number of aromatic nitrogens is 1. The molecule has 0 aliphatic carbocycles. The largest absolute Gasteiger partial charge is 0.322 e. The van der Waals surface area contributed by atoms with Crippen LogP contribution in [0.15, 0.2) is 66.7 Å². The number of piperidine rings is 1. The number of pyridine rings is 1. The molecule has 32 heavy (non-hydrogen) atoms. The fraction of sp³-hybridized carbons (Fsp3) is 0.231. The molecule has 2 N–H and O–H groups in total. The number of aryl methyl sites for hydroxylation is 1. The third-order valence-electron chi connectivity index (χ3n) is 6.17. The van der Waals surface area contributed by atoms with Gasteiger partial charge >= 0.3 is 0 Å². The molecule has 162 valence electrons. The summed E-state index contributed by atoms with van der Waals surface area (Å²) in [5, 5.41) is 5.36. The number of nitrogens with one attached hydrogen (secondary N) is 2. The smallest absolute Gasteiger partial charge is 0.257 e. The van der Waals surface area contributed by atoms with Gasteiger partial charge < -0.3 is 5.32 Å². The molecule has 2 heterocycles. The van der Waals surface area contributed by atoms with E-state index in [0.29, 0.717) is 36.2 Å². The summed E-state index contributed by atoms with van der Waals surface area (Å²) in [5.74, 6) is -0.730. The molecule has 4 rings (SSSR count). The van der Waals surface area contributed by atoms with Crippen LogP contribution in [0.5, 0.6) is 0 Å². The maximum Gasteiger partial charge on any atom is 0.257 e. The molecule has 0 bridgehead atoms. The van der Waals surface area contributed by atoms with E-state index in [1.165, 1.54) is 0 Å². The van der Waals surface area contributed by atoms with Gasteiger partial charge in [0, 0.05) is 17.7 Å². The lowest BCUT2D eigenvalue weighted by Crippen LogP contribution is -2.51. The van der Waals surface area contributed by atoms with Gasteiger partial charge in [0.05, 0.1) is 22.4 Å². The van der Waals surface area contributed by atoms with E-state index in [4.69, 9.17) is 0 Å². The Morgan fingerprint density at radius 3 is 2.38 bits per heavy atom. The lowest BCUT2D eigenvalue weighted by molar-refractivity contribution is -0.138. The van der Waals surface area contributed by atoms with E-state index < -0.39 is 5.41 Å². The zero-order valence-electron chi connectivity index (χ0n) is 18.1. The summed E-state index contributed by atoms with van der Waals surface area (Å²) >= 11 is 0. The molecule has 3 aromatic rings. The van der Waals surface area contributed by atoms with Gasteiger partial charge in [-0.3, -0.25) is 24.7 Å². The molecule has 0 spiro atoms. The molecule has 1 aliphatic rings. The lowest BCUT2D eigenvalue weighted by atomic mass is 9.72. The van der Waals surface area contributed by atoms with Crippen molar-refractivity contribution in [3.05, 3.63) is 83.6 Å². The first-order valence-corrected chi connectivity index (χ1v) is 10.7. The van der Waals surface area contributed by atoms with E-state index in [0.717, 1.165) is 16.8 Å². The maximum atomic E-state index is 12.8. The molecular weight excluding hydrogens is 402 g/mol. The highest BCUT2D eigenvalue weighted by molar-refractivity contribution is 6.05. The van der Waals surface area contributed by atoms with E-state index in [1.54, 1.807) is 18.2 Å². The average Bonchev–Trinajstić information content (AvgIpc) is 2.80. The molecule has 1 atom stereocenters. The van der Waals surface area contributed by atoms with Crippen molar-refractivity contribution in [2.45, 2.75) is 38.5 Å². The third-order valence-corrected chi connectivity index (χ3v) is 6.17. The second-order valence-electron chi connectivity index (χ2n) is 8.04. The Morgan fingerprint density at radius 2 is 1.75 bits per heavy atom. The van der Waals surface area contributed by atoms with Crippen LogP contribution in [-0.4, -0.2) is 22.7 Å². The Hall–Kier alpha value is -3.80. The second kappa shape index (κ2) is 8.75. The summed E-state index contributed by atoms with van der Waals surface area (Å²) in [5.41, 5.74) is 3.72. The Balaban J connectivity index is 1.51. The van der Waals surface area contributed by atoms with Gasteiger partial charge in [0.15, 0.2) is 0 Å². The Labute approximate surface area is 187 Å². The number of imide groups is 1. The minimum absolute atomic E-state index is 0.231. The SMILES string of the molecule is CCC1(c2ccc(NC(=O)c3ccc(-c4ccccc4)nc3C)cc2)CCC(=O)NC1=O. The van der Waals surface area contributed by atoms with Gasteiger partial charge in [-0.25, -0.2) is 0 Å². The van der Waals surface area contributed by atoms with Crippen LogP contribution in [0.4, 0.5) is 5.69 Å². The van der Waals surface area contributed by atoms with Gasteiger partial charge in [-0.05, 0) is 49.6 Å².